The van der Waals surface area contributed by atoms with Crippen molar-refractivity contribution in [3.8, 4) is 6.07 Å². The molecule has 2 aromatic carbocycles. The number of Topliss-reactive ketones (excluding diaryl/α,β-unsaturated/α-hetero) is 1. The highest BCUT2D eigenvalue weighted by molar-refractivity contribution is 6.34. The van der Waals surface area contributed by atoms with Crippen molar-refractivity contribution >= 4 is 29.3 Å². The molecule has 1 aliphatic carbocycles. The van der Waals surface area contributed by atoms with Crippen LogP contribution in [0.4, 0.5) is 22.0 Å². The van der Waals surface area contributed by atoms with E-state index in [1.807, 2.05) is 6.07 Å². The molecule has 0 aliphatic heterocycles. The molecule has 226 valence electrons. The predicted octanol–water partition coefficient (Wildman–Crippen LogP) is 6.35. The van der Waals surface area contributed by atoms with Crippen LogP contribution in [0, 0.1) is 35.8 Å². The molecule has 0 spiro atoms. The van der Waals surface area contributed by atoms with Gasteiger partial charge in [0, 0.05) is 12.6 Å². The van der Waals surface area contributed by atoms with Gasteiger partial charge in [-0.15, -0.1) is 0 Å². The molecular weight excluding hydrogens is 599 g/mol. The lowest BCUT2D eigenvalue weighted by Gasteiger charge is -2.28. The van der Waals surface area contributed by atoms with E-state index in [2.05, 4.69) is 5.10 Å². The van der Waals surface area contributed by atoms with Gasteiger partial charge in [-0.25, -0.2) is 8.78 Å². The minimum absolute atomic E-state index is 0.0724. The predicted molar refractivity (Wildman–Crippen MR) is 142 cm³/mol. The smallest absolute Gasteiger partial charge is 0.433 e. The number of hydrogen-bond acceptors (Lipinski definition) is 5. The number of nitriles is 1. The average molecular weight is 623 g/mol. The van der Waals surface area contributed by atoms with Crippen LogP contribution in [0.15, 0.2) is 36.5 Å². The Morgan fingerprint density at radius 1 is 1.09 bits per heavy atom. The van der Waals surface area contributed by atoms with Gasteiger partial charge in [-0.3, -0.25) is 19.1 Å². The van der Waals surface area contributed by atoms with E-state index in [4.69, 9.17) is 11.6 Å². The Morgan fingerprint density at radius 2 is 1.72 bits per heavy atom. The van der Waals surface area contributed by atoms with Gasteiger partial charge in [-0.2, -0.15) is 23.5 Å². The maximum atomic E-state index is 14.4. The molecule has 0 unspecified atom stereocenters. The lowest BCUT2D eigenvalue weighted by atomic mass is 9.86. The van der Waals surface area contributed by atoms with Gasteiger partial charge < -0.3 is 10.0 Å². The van der Waals surface area contributed by atoms with Crippen molar-refractivity contribution in [3.05, 3.63) is 86.7 Å². The normalized spacial score (nSPS) is 16.9. The van der Waals surface area contributed by atoms with E-state index in [0.29, 0.717) is 27.4 Å². The summed E-state index contributed by atoms with van der Waals surface area (Å²) in [7, 11) is 0. The zero-order chi connectivity index (χ0) is 31.6. The number of amides is 1. The molecule has 0 radical (unpaired) electrons. The number of carbonyl (C=O) groups is 3. The van der Waals surface area contributed by atoms with Crippen LogP contribution in [0.2, 0.25) is 5.02 Å². The molecule has 3 aromatic rings. The Bertz CT molecular complexity index is 1600. The maximum Gasteiger partial charge on any atom is 0.433 e. The molecule has 1 saturated carbocycles. The Labute approximate surface area is 247 Å². The largest absolute Gasteiger partial charge is 0.481 e. The number of benzene rings is 2. The number of carboxylic acids is 1. The van der Waals surface area contributed by atoms with E-state index in [1.165, 1.54) is 12.1 Å². The number of nitrogens with zero attached hydrogens (tertiary/aromatic N) is 4. The first kappa shape index (κ1) is 31.6. The lowest BCUT2D eigenvalue weighted by molar-refractivity contribution is -0.147. The minimum atomic E-state index is -5.08. The van der Waals surface area contributed by atoms with Crippen LogP contribution in [-0.4, -0.2) is 44.0 Å². The van der Waals surface area contributed by atoms with Crippen molar-refractivity contribution in [2.75, 3.05) is 6.54 Å². The third-order valence-corrected chi connectivity index (χ3v) is 7.54. The van der Waals surface area contributed by atoms with Gasteiger partial charge in [0.15, 0.2) is 11.5 Å². The highest BCUT2D eigenvalue weighted by Gasteiger charge is 2.43. The quantitative estimate of drug-likeness (QED) is 0.231. The number of alkyl halides is 3. The molecule has 8 nitrogen and oxygen atoms in total. The van der Waals surface area contributed by atoms with Crippen molar-refractivity contribution in [1.82, 2.24) is 14.7 Å². The van der Waals surface area contributed by atoms with Crippen molar-refractivity contribution in [2.45, 2.75) is 51.4 Å². The highest BCUT2D eigenvalue weighted by Crippen LogP contribution is 2.39. The molecule has 1 heterocycles. The summed E-state index contributed by atoms with van der Waals surface area (Å²) in [5.41, 5.74) is -2.29. The molecule has 0 bridgehead atoms. The number of carboxylic acid groups (broad SMARTS) is 1. The van der Waals surface area contributed by atoms with E-state index in [1.54, 1.807) is 6.92 Å². The number of ketones is 1. The third kappa shape index (κ3) is 7.02. The Balaban J connectivity index is 1.75. The number of hydrogen-bond donors (Lipinski definition) is 1. The van der Waals surface area contributed by atoms with Crippen LogP contribution >= 0.6 is 11.6 Å². The molecule has 0 atom stereocenters. The monoisotopic (exact) mass is 622 g/mol. The molecule has 43 heavy (non-hydrogen) atoms. The number of aromatic nitrogens is 2. The summed E-state index contributed by atoms with van der Waals surface area (Å²) in [5, 5.41) is 22.5. The number of carbonyl (C=O) groups excluding carboxylic acids is 2. The molecule has 0 saturated heterocycles. The zero-order valence-electron chi connectivity index (χ0n) is 22.6. The van der Waals surface area contributed by atoms with E-state index in [0.717, 1.165) is 12.1 Å². The van der Waals surface area contributed by atoms with Gasteiger partial charge in [-0.05, 0) is 68.0 Å². The topological polar surface area (TPSA) is 116 Å². The average Bonchev–Trinajstić information content (AvgIpc) is 3.37. The number of aliphatic carboxylic acids is 1. The van der Waals surface area contributed by atoms with Crippen molar-refractivity contribution in [1.29, 1.82) is 5.26 Å². The molecular formula is C29H24ClF5N4O4. The molecule has 1 aliphatic rings. The first-order valence-electron chi connectivity index (χ1n) is 13.0. The fraction of sp³-hybridized carbons (Fsp3) is 0.345. The number of halogens is 6. The zero-order valence-corrected chi connectivity index (χ0v) is 23.3. The van der Waals surface area contributed by atoms with E-state index < -0.39 is 71.8 Å². The maximum absolute atomic E-state index is 14.4. The summed E-state index contributed by atoms with van der Waals surface area (Å²) in [6.07, 6.45) is -4.00. The second-order valence-electron chi connectivity index (χ2n) is 10.3. The Morgan fingerprint density at radius 3 is 2.28 bits per heavy atom. The van der Waals surface area contributed by atoms with Crippen LogP contribution in [0.3, 0.4) is 0 Å². The first-order valence-corrected chi connectivity index (χ1v) is 13.4. The van der Waals surface area contributed by atoms with Gasteiger partial charge in [0.25, 0.3) is 5.91 Å². The molecule has 1 fully saturated rings. The third-order valence-electron chi connectivity index (χ3n) is 7.24. The van der Waals surface area contributed by atoms with Crippen LogP contribution < -0.4 is 0 Å². The fourth-order valence-corrected chi connectivity index (χ4v) is 5.68. The summed E-state index contributed by atoms with van der Waals surface area (Å²) in [6.45, 7) is 0.0667. The fourth-order valence-electron chi connectivity index (χ4n) is 5.30. The molecule has 1 amide bonds. The van der Waals surface area contributed by atoms with Crippen molar-refractivity contribution < 1.29 is 41.4 Å². The van der Waals surface area contributed by atoms with Gasteiger partial charge in [0.05, 0.1) is 52.5 Å². The molecule has 4 rings (SSSR count). The first-order chi connectivity index (χ1) is 20.2. The summed E-state index contributed by atoms with van der Waals surface area (Å²) in [5.74, 6) is -5.97. The second kappa shape index (κ2) is 12.5. The lowest BCUT2D eigenvalue weighted by Crippen LogP contribution is -2.37. The van der Waals surface area contributed by atoms with Gasteiger partial charge in [-0.1, -0.05) is 11.6 Å². The second-order valence-corrected chi connectivity index (χ2v) is 10.7. The van der Waals surface area contributed by atoms with Crippen LogP contribution in [0.25, 0.3) is 0 Å². The standard InChI is InChI=1S/C29H24ClF5N4O4/c1-15-6-18(11-36)25(23(30)7-15)24(40)14-38(13-16-8-19(31)10-20(32)9-16)27(41)22-12-37-39(26(22)29(33,34)35)21-4-2-17(3-5-21)28(42)43/h6-10,12,17,21H,2-5,13-14H2,1H3,(H,42,43)/t17-,21-. The Hall–Kier alpha value is -4.31. The van der Waals surface area contributed by atoms with Crippen molar-refractivity contribution in [2.24, 2.45) is 5.92 Å². The number of aryl methyl sites for hydroxylation is 1. The Kier molecular flexibility index (Phi) is 9.20. The van der Waals surface area contributed by atoms with Gasteiger partial charge in [0.1, 0.15) is 11.6 Å². The van der Waals surface area contributed by atoms with E-state index >= 15 is 0 Å². The van der Waals surface area contributed by atoms with Gasteiger partial charge in [0.2, 0.25) is 0 Å². The summed E-state index contributed by atoms with van der Waals surface area (Å²) >= 11 is 6.22. The molecule has 14 heteroatoms. The summed E-state index contributed by atoms with van der Waals surface area (Å²) < 4.78 is 71.9. The SMILES string of the molecule is Cc1cc(Cl)c(C(=O)CN(Cc2cc(F)cc(F)c2)C(=O)c2cnn([C@H]3CC[C@H](C(=O)O)CC3)c2C(F)(F)F)c(C#N)c1. The molecule has 1 N–H and O–H groups in total. The summed E-state index contributed by atoms with van der Waals surface area (Å²) in [6, 6.07) is 6.05. The highest BCUT2D eigenvalue weighted by atomic mass is 35.5. The van der Waals surface area contributed by atoms with Crippen LogP contribution in [-0.2, 0) is 17.5 Å². The van der Waals surface area contributed by atoms with E-state index in [9.17, 15) is 46.7 Å². The summed E-state index contributed by atoms with van der Waals surface area (Å²) in [4.78, 5) is 39.1. The van der Waals surface area contributed by atoms with Crippen LogP contribution in [0.1, 0.15) is 74.8 Å². The minimum Gasteiger partial charge on any atom is -0.481 e. The van der Waals surface area contributed by atoms with Crippen molar-refractivity contribution in [3.63, 3.8) is 0 Å². The number of rotatable bonds is 8. The van der Waals surface area contributed by atoms with Crippen LogP contribution in [0.5, 0.6) is 0 Å². The van der Waals surface area contributed by atoms with Gasteiger partial charge >= 0.3 is 12.1 Å². The van der Waals surface area contributed by atoms with E-state index in [-0.39, 0.29) is 47.4 Å². The molecule has 1 aromatic heterocycles.